The zero-order chi connectivity index (χ0) is 17.6. The van der Waals surface area contributed by atoms with E-state index < -0.39 is 10.0 Å². The maximum Gasteiger partial charge on any atom is 0.210 e. The first-order chi connectivity index (χ1) is 10.6. The van der Waals surface area contributed by atoms with Gasteiger partial charge >= 0.3 is 0 Å². The summed E-state index contributed by atoms with van der Waals surface area (Å²) in [5.74, 6) is 0.816. The number of guanidine groups is 1. The minimum Gasteiger partial charge on any atom is -0.357 e. The molecule has 0 atom stereocenters. The second-order valence-electron chi connectivity index (χ2n) is 5.83. The van der Waals surface area contributed by atoms with E-state index in [-0.39, 0.29) is 12.3 Å². The molecule has 1 rings (SSSR count). The smallest absolute Gasteiger partial charge is 0.210 e. The van der Waals surface area contributed by atoms with E-state index in [4.69, 9.17) is 5.14 Å². The number of primary sulfonamides is 1. The van der Waals surface area contributed by atoms with Gasteiger partial charge in [0.2, 0.25) is 10.0 Å². The first-order valence-corrected chi connectivity index (χ1v) is 9.38. The summed E-state index contributed by atoms with van der Waals surface area (Å²) in [7, 11) is 0.315. The van der Waals surface area contributed by atoms with Crippen molar-refractivity contribution in [3.63, 3.8) is 0 Å². The Balaban J connectivity index is 2.86. The highest BCUT2D eigenvalue weighted by Crippen LogP contribution is 2.18. The third-order valence-corrected chi connectivity index (χ3v) is 3.98. The second-order valence-corrected chi connectivity index (χ2v) is 7.56. The lowest BCUT2D eigenvalue weighted by atomic mass is 10.1. The highest BCUT2D eigenvalue weighted by atomic mass is 32.2. The first kappa shape index (κ1) is 19.4. The van der Waals surface area contributed by atoms with Crippen LogP contribution in [0.25, 0.3) is 0 Å². The molecular weight excluding hydrogens is 316 g/mol. The standard InChI is InChI=1S/C14H28N6O2S/c1-6-16-14(17-7-8-23(15,21)22)19(4)9-12-10-20(5)18-13(12)11(2)3/h10-11H,6-9H2,1-5H3,(H,16,17)(H2,15,21,22). The molecule has 0 radical (unpaired) electrons. The highest BCUT2D eigenvalue weighted by molar-refractivity contribution is 7.89. The summed E-state index contributed by atoms with van der Waals surface area (Å²) < 4.78 is 23.8. The van der Waals surface area contributed by atoms with Crippen molar-refractivity contribution in [2.24, 2.45) is 17.2 Å². The summed E-state index contributed by atoms with van der Waals surface area (Å²) in [6.07, 6.45) is 2.00. The fourth-order valence-corrected chi connectivity index (χ4v) is 2.59. The monoisotopic (exact) mass is 344 g/mol. The lowest BCUT2D eigenvalue weighted by Gasteiger charge is -2.22. The van der Waals surface area contributed by atoms with Crippen LogP contribution in [0.1, 0.15) is 37.9 Å². The number of hydrogen-bond acceptors (Lipinski definition) is 4. The number of aromatic nitrogens is 2. The fourth-order valence-electron chi connectivity index (χ4n) is 2.24. The van der Waals surface area contributed by atoms with Gasteiger partial charge in [0.05, 0.1) is 18.0 Å². The largest absolute Gasteiger partial charge is 0.357 e. The minimum absolute atomic E-state index is 0.135. The summed E-state index contributed by atoms with van der Waals surface area (Å²) in [6, 6.07) is 0. The average molecular weight is 344 g/mol. The zero-order valence-electron chi connectivity index (χ0n) is 14.6. The van der Waals surface area contributed by atoms with Crippen molar-refractivity contribution in [3.8, 4) is 0 Å². The molecule has 0 spiro atoms. The lowest BCUT2D eigenvalue weighted by molar-refractivity contribution is 0.474. The number of hydrogen-bond donors (Lipinski definition) is 2. The molecule has 1 heterocycles. The third kappa shape index (κ3) is 6.57. The van der Waals surface area contributed by atoms with Gasteiger partial charge in [-0.2, -0.15) is 5.10 Å². The van der Waals surface area contributed by atoms with Crippen LogP contribution in [0.15, 0.2) is 11.2 Å². The molecular formula is C14H28N6O2S. The fraction of sp³-hybridized carbons (Fsp3) is 0.714. The van der Waals surface area contributed by atoms with Gasteiger partial charge in [0.25, 0.3) is 0 Å². The van der Waals surface area contributed by atoms with Crippen LogP contribution in [-0.2, 0) is 23.6 Å². The minimum atomic E-state index is -3.50. The molecule has 0 bridgehead atoms. The van der Waals surface area contributed by atoms with Crippen molar-refractivity contribution >= 4 is 16.0 Å². The van der Waals surface area contributed by atoms with Crippen molar-refractivity contribution in [2.75, 3.05) is 25.9 Å². The molecule has 0 aliphatic carbocycles. The second kappa shape index (κ2) is 8.30. The molecule has 0 aliphatic heterocycles. The van der Waals surface area contributed by atoms with Gasteiger partial charge in [-0.25, -0.2) is 13.6 Å². The van der Waals surface area contributed by atoms with Gasteiger partial charge in [-0.15, -0.1) is 0 Å². The Bertz CT molecular complexity index is 636. The Hall–Kier alpha value is -1.61. The van der Waals surface area contributed by atoms with E-state index in [2.05, 4.69) is 29.3 Å². The van der Waals surface area contributed by atoms with Crippen LogP contribution in [0.4, 0.5) is 0 Å². The van der Waals surface area contributed by atoms with Crippen molar-refractivity contribution in [1.29, 1.82) is 0 Å². The summed E-state index contributed by atoms with van der Waals surface area (Å²) in [5.41, 5.74) is 2.18. The van der Waals surface area contributed by atoms with Gasteiger partial charge in [-0.1, -0.05) is 13.8 Å². The summed E-state index contributed by atoms with van der Waals surface area (Å²) in [6.45, 7) is 7.65. The predicted molar refractivity (Wildman–Crippen MR) is 92.7 cm³/mol. The molecule has 23 heavy (non-hydrogen) atoms. The molecule has 9 heteroatoms. The van der Waals surface area contributed by atoms with Gasteiger partial charge in [-0.3, -0.25) is 9.67 Å². The van der Waals surface area contributed by atoms with Crippen molar-refractivity contribution in [1.82, 2.24) is 20.0 Å². The molecule has 3 N–H and O–H groups in total. The first-order valence-electron chi connectivity index (χ1n) is 7.66. The average Bonchev–Trinajstić information content (AvgIpc) is 2.77. The van der Waals surface area contributed by atoms with E-state index in [0.29, 0.717) is 25.0 Å². The lowest BCUT2D eigenvalue weighted by Crippen LogP contribution is -2.39. The Morgan fingerprint density at radius 2 is 2.17 bits per heavy atom. The molecule has 0 amide bonds. The summed E-state index contributed by atoms with van der Waals surface area (Å²) in [5, 5.41) is 12.7. The molecule has 1 aromatic rings. The number of nitrogens with one attached hydrogen (secondary N) is 1. The maximum atomic E-state index is 11.0. The molecule has 0 fully saturated rings. The van der Waals surface area contributed by atoms with Crippen LogP contribution < -0.4 is 10.5 Å². The molecule has 132 valence electrons. The van der Waals surface area contributed by atoms with Crippen LogP contribution in [-0.4, -0.2) is 54.9 Å². The van der Waals surface area contributed by atoms with Gasteiger partial charge in [0, 0.05) is 38.9 Å². The van der Waals surface area contributed by atoms with Crippen molar-refractivity contribution < 1.29 is 8.42 Å². The number of rotatable bonds is 7. The predicted octanol–water partition coefficient (Wildman–Crippen LogP) is 0.229. The third-order valence-electron chi connectivity index (χ3n) is 3.23. The van der Waals surface area contributed by atoms with E-state index in [0.717, 1.165) is 11.3 Å². The topological polar surface area (TPSA) is 106 Å². The maximum absolute atomic E-state index is 11.0. The number of aryl methyl sites for hydroxylation is 1. The van der Waals surface area contributed by atoms with Crippen LogP contribution in [0.3, 0.4) is 0 Å². The van der Waals surface area contributed by atoms with E-state index in [1.54, 1.807) is 0 Å². The van der Waals surface area contributed by atoms with Crippen molar-refractivity contribution in [3.05, 3.63) is 17.5 Å². The van der Waals surface area contributed by atoms with Gasteiger partial charge < -0.3 is 10.2 Å². The normalized spacial score (nSPS) is 12.7. The zero-order valence-corrected chi connectivity index (χ0v) is 15.4. The molecule has 0 aliphatic rings. The van der Waals surface area contributed by atoms with E-state index >= 15 is 0 Å². The number of nitrogens with two attached hydrogens (primary N) is 1. The Morgan fingerprint density at radius 1 is 1.52 bits per heavy atom. The summed E-state index contributed by atoms with van der Waals surface area (Å²) in [4.78, 5) is 6.28. The SMILES string of the molecule is CCNC(=NCCS(N)(=O)=O)N(C)Cc1cn(C)nc1C(C)C. The van der Waals surface area contributed by atoms with Crippen LogP contribution in [0, 0.1) is 0 Å². The molecule has 0 aromatic carbocycles. The van der Waals surface area contributed by atoms with E-state index in [9.17, 15) is 8.42 Å². The van der Waals surface area contributed by atoms with Gasteiger partial charge in [-0.05, 0) is 12.8 Å². The van der Waals surface area contributed by atoms with Gasteiger partial charge in [0.1, 0.15) is 0 Å². The summed E-state index contributed by atoms with van der Waals surface area (Å²) >= 11 is 0. The molecule has 1 aromatic heterocycles. The van der Waals surface area contributed by atoms with Gasteiger partial charge in [0.15, 0.2) is 5.96 Å². The number of nitrogens with zero attached hydrogens (tertiary/aromatic N) is 4. The Labute approximate surface area is 138 Å². The van der Waals surface area contributed by atoms with E-state index in [1.807, 2.05) is 36.8 Å². The molecule has 0 saturated carbocycles. The Morgan fingerprint density at radius 3 is 2.70 bits per heavy atom. The molecule has 0 saturated heterocycles. The van der Waals surface area contributed by atoms with E-state index in [1.165, 1.54) is 0 Å². The van der Waals surface area contributed by atoms with Crippen LogP contribution in [0.5, 0.6) is 0 Å². The highest BCUT2D eigenvalue weighted by Gasteiger charge is 2.15. The molecule has 0 unspecified atom stereocenters. The number of sulfonamides is 1. The quantitative estimate of drug-likeness (QED) is 0.544. The van der Waals surface area contributed by atoms with Crippen LogP contribution in [0.2, 0.25) is 0 Å². The Kier molecular flexibility index (Phi) is 7.01. The van der Waals surface area contributed by atoms with Crippen molar-refractivity contribution in [2.45, 2.75) is 33.2 Å². The molecule has 8 nitrogen and oxygen atoms in total. The number of aliphatic imine (C=N–C) groups is 1. The van der Waals surface area contributed by atoms with Crippen LogP contribution >= 0.6 is 0 Å².